The normalized spacial score (nSPS) is 14.7. The Morgan fingerprint density at radius 1 is 1.36 bits per heavy atom. The summed E-state index contributed by atoms with van der Waals surface area (Å²) in [6.07, 6.45) is 2.90. The van der Waals surface area contributed by atoms with Crippen molar-refractivity contribution >= 4 is 17.7 Å². The van der Waals surface area contributed by atoms with Crippen LogP contribution in [0, 0.1) is 21.4 Å². The van der Waals surface area contributed by atoms with Crippen LogP contribution in [0.4, 0.5) is 5.69 Å². The Morgan fingerprint density at radius 2 is 2.00 bits per heavy atom. The van der Waals surface area contributed by atoms with Crippen molar-refractivity contribution in [1.82, 2.24) is 4.90 Å². The molecule has 8 heteroatoms. The van der Waals surface area contributed by atoms with E-state index < -0.39 is 28.0 Å². The minimum atomic E-state index is -0.860. The zero-order valence-corrected chi connectivity index (χ0v) is 11.5. The number of hydrogen-bond acceptors (Lipinski definition) is 6. The zero-order chi connectivity index (χ0) is 16.3. The molecule has 0 saturated carbocycles. The number of rotatable bonds is 3. The molecule has 0 atom stereocenters. The number of benzene rings is 1. The van der Waals surface area contributed by atoms with Gasteiger partial charge in [-0.3, -0.25) is 14.9 Å². The molecule has 1 aliphatic heterocycles. The maximum Gasteiger partial charge on any atom is 0.315 e. The van der Waals surface area contributed by atoms with Crippen LogP contribution in [-0.4, -0.2) is 39.0 Å². The maximum absolute atomic E-state index is 12.1. The molecule has 1 fully saturated rings. The molecular formula is C14H13N3O5. The van der Waals surface area contributed by atoms with E-state index in [1.54, 1.807) is 6.07 Å². The number of nitriles is 1. The summed E-state index contributed by atoms with van der Waals surface area (Å²) in [7, 11) is 0. The van der Waals surface area contributed by atoms with E-state index in [1.807, 2.05) is 0 Å². The Bertz CT molecular complexity index is 699. The van der Waals surface area contributed by atoms with E-state index in [0.717, 1.165) is 31.1 Å². The first-order valence-electron chi connectivity index (χ1n) is 6.55. The number of nitro groups is 1. The van der Waals surface area contributed by atoms with E-state index in [4.69, 9.17) is 5.26 Å². The Labute approximate surface area is 125 Å². The predicted molar refractivity (Wildman–Crippen MR) is 75.8 cm³/mol. The van der Waals surface area contributed by atoms with Crippen LogP contribution in [0.2, 0.25) is 0 Å². The summed E-state index contributed by atoms with van der Waals surface area (Å²) < 4.78 is 0. The number of amides is 1. The zero-order valence-electron chi connectivity index (χ0n) is 11.5. The number of carbonyl (C=O) groups is 1. The van der Waals surface area contributed by atoms with E-state index >= 15 is 0 Å². The number of likely N-dealkylation sites (tertiary alicyclic amines) is 1. The first-order chi connectivity index (χ1) is 10.4. The third-order valence-corrected chi connectivity index (χ3v) is 3.34. The molecule has 0 bridgehead atoms. The van der Waals surface area contributed by atoms with Crippen LogP contribution < -0.4 is 0 Å². The van der Waals surface area contributed by atoms with Crippen molar-refractivity contribution < 1.29 is 19.9 Å². The summed E-state index contributed by atoms with van der Waals surface area (Å²) in [6.45, 7) is 1.14. The van der Waals surface area contributed by atoms with Crippen LogP contribution in [0.15, 0.2) is 17.7 Å². The fraction of sp³-hybridized carbons (Fsp3) is 0.286. The summed E-state index contributed by atoms with van der Waals surface area (Å²) in [4.78, 5) is 23.6. The van der Waals surface area contributed by atoms with E-state index in [1.165, 1.54) is 4.90 Å². The predicted octanol–water partition coefficient (Wildman–Crippen LogP) is 1.54. The van der Waals surface area contributed by atoms with Gasteiger partial charge in [0.05, 0.1) is 4.92 Å². The van der Waals surface area contributed by atoms with Crippen molar-refractivity contribution in [3.05, 3.63) is 33.4 Å². The van der Waals surface area contributed by atoms with Crippen LogP contribution in [0.1, 0.15) is 18.4 Å². The van der Waals surface area contributed by atoms with Gasteiger partial charge >= 0.3 is 5.69 Å². The summed E-state index contributed by atoms with van der Waals surface area (Å²) in [5.74, 6) is -1.99. The van der Waals surface area contributed by atoms with Gasteiger partial charge in [-0.15, -0.1) is 0 Å². The van der Waals surface area contributed by atoms with Crippen molar-refractivity contribution in [2.75, 3.05) is 13.1 Å². The first kappa shape index (κ1) is 15.3. The Hall–Kier alpha value is -3.08. The van der Waals surface area contributed by atoms with Crippen LogP contribution in [0.3, 0.4) is 0 Å². The van der Waals surface area contributed by atoms with Crippen molar-refractivity contribution in [3.63, 3.8) is 0 Å². The quantitative estimate of drug-likeness (QED) is 0.286. The Balaban J connectivity index is 2.39. The van der Waals surface area contributed by atoms with Gasteiger partial charge < -0.3 is 15.1 Å². The number of nitrogens with zero attached hydrogens (tertiary/aromatic N) is 3. The first-order valence-corrected chi connectivity index (χ1v) is 6.55. The summed E-state index contributed by atoms with van der Waals surface area (Å²) in [5.41, 5.74) is -0.787. The van der Waals surface area contributed by atoms with Crippen molar-refractivity contribution in [3.8, 4) is 17.6 Å². The van der Waals surface area contributed by atoms with E-state index in [2.05, 4.69) is 0 Å². The molecule has 0 spiro atoms. The highest BCUT2D eigenvalue weighted by atomic mass is 16.6. The van der Waals surface area contributed by atoms with Gasteiger partial charge in [-0.2, -0.15) is 5.26 Å². The van der Waals surface area contributed by atoms with Gasteiger partial charge in [-0.05, 0) is 30.5 Å². The number of nitro benzene ring substituents is 1. The molecule has 2 rings (SSSR count). The summed E-state index contributed by atoms with van der Waals surface area (Å²) in [6, 6.07) is 3.81. The maximum atomic E-state index is 12.1. The fourth-order valence-corrected chi connectivity index (χ4v) is 2.25. The Kier molecular flexibility index (Phi) is 4.27. The average molecular weight is 303 g/mol. The van der Waals surface area contributed by atoms with Crippen LogP contribution in [-0.2, 0) is 4.79 Å². The molecular weight excluding hydrogens is 290 g/mol. The van der Waals surface area contributed by atoms with Gasteiger partial charge in [0.2, 0.25) is 5.75 Å². The molecule has 0 unspecified atom stereocenters. The third-order valence-electron chi connectivity index (χ3n) is 3.34. The lowest BCUT2D eigenvalue weighted by Gasteiger charge is -2.14. The molecule has 0 aromatic heterocycles. The number of carbonyl (C=O) groups excluding carboxylic acids is 1. The van der Waals surface area contributed by atoms with Gasteiger partial charge in [0.1, 0.15) is 11.6 Å². The smallest absolute Gasteiger partial charge is 0.315 e. The second kappa shape index (κ2) is 6.13. The number of aromatic hydroxyl groups is 2. The second-order valence-electron chi connectivity index (χ2n) is 4.83. The molecule has 1 saturated heterocycles. The molecule has 1 heterocycles. The molecule has 1 amide bonds. The Morgan fingerprint density at radius 3 is 2.55 bits per heavy atom. The second-order valence-corrected chi connectivity index (χ2v) is 4.83. The highest BCUT2D eigenvalue weighted by Crippen LogP contribution is 2.36. The highest BCUT2D eigenvalue weighted by molar-refractivity contribution is 6.02. The van der Waals surface area contributed by atoms with Crippen LogP contribution in [0.5, 0.6) is 11.5 Å². The van der Waals surface area contributed by atoms with E-state index in [0.29, 0.717) is 13.1 Å². The number of phenols is 2. The fourth-order valence-electron chi connectivity index (χ4n) is 2.25. The number of phenolic OH excluding ortho intramolecular Hbond substituents is 2. The highest BCUT2D eigenvalue weighted by Gasteiger charge is 2.23. The molecule has 1 aromatic carbocycles. The van der Waals surface area contributed by atoms with Gasteiger partial charge in [0, 0.05) is 19.2 Å². The topological polar surface area (TPSA) is 128 Å². The minimum absolute atomic E-state index is 0.0890. The molecule has 22 heavy (non-hydrogen) atoms. The summed E-state index contributed by atoms with van der Waals surface area (Å²) >= 11 is 0. The lowest BCUT2D eigenvalue weighted by Crippen LogP contribution is -2.28. The minimum Gasteiger partial charge on any atom is -0.504 e. The van der Waals surface area contributed by atoms with Crippen molar-refractivity contribution in [2.24, 2.45) is 0 Å². The molecule has 8 nitrogen and oxygen atoms in total. The SMILES string of the molecule is N#C/C(=C\c1cc(O)c(O)c([N+](=O)[O-])c1)C(=O)N1CCCC1. The number of hydrogen-bond donors (Lipinski definition) is 2. The molecule has 2 N–H and O–H groups in total. The lowest BCUT2D eigenvalue weighted by molar-refractivity contribution is -0.386. The van der Waals surface area contributed by atoms with Crippen molar-refractivity contribution in [2.45, 2.75) is 12.8 Å². The van der Waals surface area contributed by atoms with Gasteiger partial charge in [0.15, 0.2) is 5.75 Å². The molecule has 0 radical (unpaired) electrons. The van der Waals surface area contributed by atoms with E-state index in [9.17, 15) is 25.1 Å². The van der Waals surface area contributed by atoms with Gasteiger partial charge in [-0.25, -0.2) is 0 Å². The summed E-state index contributed by atoms with van der Waals surface area (Å²) in [5, 5.41) is 38.8. The third kappa shape index (κ3) is 2.98. The molecule has 114 valence electrons. The van der Waals surface area contributed by atoms with Gasteiger partial charge in [0.25, 0.3) is 5.91 Å². The van der Waals surface area contributed by atoms with Crippen molar-refractivity contribution in [1.29, 1.82) is 5.26 Å². The standard InChI is InChI=1S/C14H13N3O5/c15-8-10(14(20)16-3-1-2-4-16)5-9-6-11(17(21)22)13(19)12(18)7-9/h5-7,18-19H,1-4H2/b10-5+. The largest absolute Gasteiger partial charge is 0.504 e. The molecule has 1 aromatic rings. The van der Waals surface area contributed by atoms with Gasteiger partial charge in [-0.1, -0.05) is 0 Å². The monoisotopic (exact) mass is 303 g/mol. The van der Waals surface area contributed by atoms with Crippen LogP contribution >= 0.6 is 0 Å². The molecule has 1 aliphatic rings. The molecule has 0 aliphatic carbocycles. The lowest BCUT2D eigenvalue weighted by atomic mass is 10.1. The van der Waals surface area contributed by atoms with Crippen LogP contribution in [0.25, 0.3) is 6.08 Å². The van der Waals surface area contributed by atoms with E-state index in [-0.39, 0.29) is 11.1 Å². The average Bonchev–Trinajstić information content (AvgIpc) is 3.01.